The second-order valence-corrected chi connectivity index (χ2v) is 11.0. The molecule has 0 aromatic heterocycles. The Morgan fingerprint density at radius 2 is 1.65 bits per heavy atom. The largest absolute Gasteiger partial charge is 0.338 e. The Balaban J connectivity index is 1.94. The van der Waals surface area contributed by atoms with Gasteiger partial charge in [0.15, 0.2) is 5.78 Å². The van der Waals surface area contributed by atoms with Crippen LogP contribution >= 0.6 is 11.8 Å². The minimum atomic E-state index is -0.467. The number of carbonyl (C=O) groups excluding carboxylic acids is 4. The summed E-state index contributed by atoms with van der Waals surface area (Å²) in [7, 11) is 1.56. The highest BCUT2D eigenvalue weighted by molar-refractivity contribution is 8.00. The number of rotatable bonds is 14. The number of urea groups is 1. The molecule has 0 aromatic rings. The Morgan fingerprint density at radius 3 is 2.19 bits per heavy atom. The topological polar surface area (TPSA) is 95.6 Å². The van der Waals surface area contributed by atoms with Gasteiger partial charge in [-0.2, -0.15) is 0 Å². The van der Waals surface area contributed by atoms with Crippen LogP contribution in [-0.4, -0.2) is 59.2 Å². The predicted octanol–water partition coefficient (Wildman–Crippen LogP) is 3.90. The van der Waals surface area contributed by atoms with Crippen LogP contribution in [0.2, 0.25) is 0 Å². The van der Waals surface area contributed by atoms with E-state index in [1.165, 1.54) is 17.7 Å². The van der Waals surface area contributed by atoms with E-state index in [-0.39, 0.29) is 34.3 Å². The molecule has 1 unspecified atom stereocenters. The van der Waals surface area contributed by atoms with E-state index >= 15 is 0 Å². The first-order chi connectivity index (χ1) is 14.5. The fraction of sp³-hybridized carbons (Fsp3) is 0.826. The number of carbonyl (C=O) groups is 4. The number of unbranched alkanes of at least 4 members (excludes halogenated alkanes) is 6. The number of imide groups is 1. The van der Waals surface area contributed by atoms with Crippen molar-refractivity contribution in [1.29, 1.82) is 0 Å². The third-order valence-corrected chi connectivity index (χ3v) is 6.60. The quantitative estimate of drug-likeness (QED) is 0.306. The van der Waals surface area contributed by atoms with Gasteiger partial charge in [0.1, 0.15) is 0 Å². The summed E-state index contributed by atoms with van der Waals surface area (Å²) in [6.45, 7) is 8.38. The van der Waals surface area contributed by atoms with Gasteiger partial charge in [0.25, 0.3) is 0 Å². The molecule has 0 aliphatic carbocycles. The molecule has 2 atom stereocenters. The van der Waals surface area contributed by atoms with Gasteiger partial charge in [0, 0.05) is 26.4 Å². The van der Waals surface area contributed by atoms with E-state index in [0.717, 1.165) is 37.9 Å². The summed E-state index contributed by atoms with van der Waals surface area (Å²) in [6.07, 6.45) is 8.47. The molecule has 2 N–H and O–H groups in total. The fourth-order valence-electron chi connectivity index (χ4n) is 3.39. The molecule has 1 aliphatic heterocycles. The normalized spacial score (nSPS) is 17.7. The standard InChI is InChI=1S/C23H41N3O4S/c1-17(18(27)16-23(2,3)4)25-22(30)24-13-11-9-7-6-8-10-12-14-31-19-15-20(28)26(5)21(19)29/h17,19H,6-16H2,1-5H3,(H2,24,25,30)/t17-,19?/m1/s1. The zero-order valence-electron chi connectivity index (χ0n) is 19.9. The zero-order valence-corrected chi connectivity index (χ0v) is 20.7. The van der Waals surface area contributed by atoms with Crippen LogP contribution < -0.4 is 10.6 Å². The number of Topliss-reactive ketones (excluding diaryl/α,β-unsaturated/α-hetero) is 1. The van der Waals surface area contributed by atoms with Crippen LogP contribution in [0.5, 0.6) is 0 Å². The zero-order chi connectivity index (χ0) is 23.4. The van der Waals surface area contributed by atoms with Crippen molar-refractivity contribution in [2.45, 2.75) is 96.8 Å². The lowest BCUT2D eigenvalue weighted by Crippen LogP contribution is -2.45. The molecule has 0 spiro atoms. The lowest BCUT2D eigenvalue weighted by Gasteiger charge is -2.20. The molecule has 4 amide bonds. The van der Waals surface area contributed by atoms with Gasteiger partial charge in [-0.15, -0.1) is 11.8 Å². The van der Waals surface area contributed by atoms with Crippen molar-refractivity contribution in [3.8, 4) is 0 Å². The smallest absolute Gasteiger partial charge is 0.315 e. The summed E-state index contributed by atoms with van der Waals surface area (Å²) in [6, 6.07) is -0.744. The van der Waals surface area contributed by atoms with E-state index < -0.39 is 6.04 Å². The number of hydrogen-bond acceptors (Lipinski definition) is 5. The highest BCUT2D eigenvalue weighted by Gasteiger charge is 2.35. The van der Waals surface area contributed by atoms with Crippen LogP contribution in [0.3, 0.4) is 0 Å². The molecule has 31 heavy (non-hydrogen) atoms. The summed E-state index contributed by atoms with van der Waals surface area (Å²) in [4.78, 5) is 48.5. The predicted molar refractivity (Wildman–Crippen MR) is 126 cm³/mol. The second-order valence-electron chi connectivity index (χ2n) is 9.66. The van der Waals surface area contributed by atoms with Crippen molar-refractivity contribution >= 4 is 35.4 Å². The highest BCUT2D eigenvalue weighted by atomic mass is 32.2. The van der Waals surface area contributed by atoms with E-state index in [4.69, 9.17) is 0 Å². The lowest BCUT2D eigenvalue weighted by molar-refractivity contribution is -0.136. The van der Waals surface area contributed by atoms with Gasteiger partial charge in [0.05, 0.1) is 11.3 Å². The Kier molecular flexibility index (Phi) is 12.2. The van der Waals surface area contributed by atoms with Crippen LogP contribution in [-0.2, 0) is 14.4 Å². The van der Waals surface area contributed by atoms with Crippen molar-refractivity contribution in [2.24, 2.45) is 5.41 Å². The van der Waals surface area contributed by atoms with Gasteiger partial charge >= 0.3 is 6.03 Å². The van der Waals surface area contributed by atoms with Gasteiger partial charge in [-0.3, -0.25) is 19.3 Å². The fourth-order valence-corrected chi connectivity index (χ4v) is 4.61. The number of likely N-dealkylation sites (tertiary alicyclic amines) is 1. The average Bonchev–Trinajstić information content (AvgIpc) is 2.91. The molecule has 7 nitrogen and oxygen atoms in total. The Morgan fingerprint density at radius 1 is 1.06 bits per heavy atom. The molecular formula is C23H41N3O4S. The van der Waals surface area contributed by atoms with E-state index in [1.807, 2.05) is 20.8 Å². The summed E-state index contributed by atoms with van der Waals surface area (Å²) < 4.78 is 0. The molecule has 1 fully saturated rings. The molecule has 0 bridgehead atoms. The maximum atomic E-state index is 12.1. The van der Waals surface area contributed by atoms with Crippen molar-refractivity contribution in [1.82, 2.24) is 15.5 Å². The maximum Gasteiger partial charge on any atom is 0.315 e. The van der Waals surface area contributed by atoms with Crippen molar-refractivity contribution < 1.29 is 19.2 Å². The first-order valence-electron chi connectivity index (χ1n) is 11.5. The maximum absolute atomic E-state index is 12.1. The summed E-state index contributed by atoms with van der Waals surface area (Å²) >= 11 is 1.61. The van der Waals surface area contributed by atoms with Gasteiger partial charge in [-0.25, -0.2) is 4.79 Å². The molecule has 1 saturated heterocycles. The number of nitrogens with zero attached hydrogens (tertiary/aromatic N) is 1. The number of thioether (sulfide) groups is 1. The van der Waals surface area contributed by atoms with Gasteiger partial charge < -0.3 is 10.6 Å². The molecule has 1 rings (SSSR count). The van der Waals surface area contributed by atoms with Crippen LogP contribution in [0.25, 0.3) is 0 Å². The van der Waals surface area contributed by atoms with Gasteiger partial charge in [-0.05, 0) is 30.9 Å². The van der Waals surface area contributed by atoms with E-state index in [9.17, 15) is 19.2 Å². The van der Waals surface area contributed by atoms with E-state index in [0.29, 0.717) is 19.4 Å². The Hall–Kier alpha value is -1.57. The van der Waals surface area contributed by atoms with Crippen molar-refractivity contribution in [3.63, 3.8) is 0 Å². The Labute approximate surface area is 191 Å². The summed E-state index contributed by atoms with van der Waals surface area (Å²) in [5, 5.41) is 5.36. The summed E-state index contributed by atoms with van der Waals surface area (Å²) in [5.74, 6) is 0.853. The number of nitrogens with one attached hydrogen (secondary N) is 2. The first kappa shape index (κ1) is 27.5. The number of amides is 4. The van der Waals surface area contributed by atoms with Crippen molar-refractivity contribution in [3.05, 3.63) is 0 Å². The van der Waals surface area contributed by atoms with Crippen LogP contribution in [0.15, 0.2) is 0 Å². The average molecular weight is 456 g/mol. The van der Waals surface area contributed by atoms with E-state index in [2.05, 4.69) is 10.6 Å². The second kappa shape index (κ2) is 13.8. The molecule has 0 aromatic carbocycles. The molecule has 1 aliphatic rings. The third kappa shape index (κ3) is 11.6. The first-order valence-corrected chi connectivity index (χ1v) is 12.5. The third-order valence-electron chi connectivity index (χ3n) is 5.30. The molecule has 8 heteroatoms. The highest BCUT2D eigenvalue weighted by Crippen LogP contribution is 2.25. The molecule has 0 saturated carbocycles. The van der Waals surface area contributed by atoms with Crippen LogP contribution in [0.1, 0.15) is 85.5 Å². The number of hydrogen-bond donors (Lipinski definition) is 2. The SMILES string of the molecule is C[C@@H](NC(=O)NCCCCCCCCCSC1CC(=O)N(C)C1=O)C(=O)CC(C)(C)C. The molecular weight excluding hydrogens is 414 g/mol. The van der Waals surface area contributed by atoms with Crippen molar-refractivity contribution in [2.75, 3.05) is 19.3 Å². The van der Waals surface area contributed by atoms with Gasteiger partial charge in [-0.1, -0.05) is 52.9 Å². The van der Waals surface area contributed by atoms with Crippen LogP contribution in [0, 0.1) is 5.41 Å². The van der Waals surface area contributed by atoms with Crippen LogP contribution in [0.4, 0.5) is 4.79 Å². The van der Waals surface area contributed by atoms with E-state index in [1.54, 1.807) is 25.7 Å². The minimum absolute atomic E-state index is 0.0525. The minimum Gasteiger partial charge on any atom is -0.338 e. The lowest BCUT2D eigenvalue weighted by atomic mass is 9.88. The molecule has 178 valence electrons. The number of ketones is 1. The monoisotopic (exact) mass is 455 g/mol. The molecule has 1 heterocycles. The molecule has 0 radical (unpaired) electrons. The Bertz CT molecular complexity index is 618. The summed E-state index contributed by atoms with van der Waals surface area (Å²) in [5.41, 5.74) is -0.0746. The van der Waals surface area contributed by atoms with Gasteiger partial charge in [0.2, 0.25) is 11.8 Å².